The quantitative estimate of drug-likeness (QED) is 0.312. The minimum absolute atomic E-state index is 0.116. The van der Waals surface area contributed by atoms with Crippen molar-refractivity contribution in [2.75, 3.05) is 49.6 Å². The molecule has 1 aliphatic heterocycles. The lowest BCUT2D eigenvalue weighted by Crippen LogP contribution is -2.51. The lowest BCUT2D eigenvalue weighted by atomic mass is 10.1. The van der Waals surface area contributed by atoms with E-state index in [9.17, 15) is 4.79 Å². The highest BCUT2D eigenvalue weighted by molar-refractivity contribution is 7.09. The van der Waals surface area contributed by atoms with E-state index in [2.05, 4.69) is 69.6 Å². The molecule has 196 valence electrons. The summed E-state index contributed by atoms with van der Waals surface area (Å²) in [5.74, 6) is 1.75. The molecule has 3 aromatic carbocycles. The zero-order chi connectivity index (χ0) is 26.3. The van der Waals surface area contributed by atoms with Gasteiger partial charge in [-0.2, -0.15) is 4.37 Å². The van der Waals surface area contributed by atoms with Crippen molar-refractivity contribution in [3.8, 4) is 5.75 Å². The van der Waals surface area contributed by atoms with Gasteiger partial charge in [0.05, 0.1) is 13.7 Å². The van der Waals surface area contributed by atoms with Gasteiger partial charge in [-0.05, 0) is 42.3 Å². The van der Waals surface area contributed by atoms with Crippen molar-refractivity contribution in [3.05, 3.63) is 101 Å². The second-order valence-electron chi connectivity index (χ2n) is 9.56. The summed E-state index contributed by atoms with van der Waals surface area (Å²) in [6.07, 6.45) is 0.678. The average molecular weight is 528 g/mol. The molecule has 1 fully saturated rings. The van der Waals surface area contributed by atoms with Gasteiger partial charge in [-0.1, -0.05) is 60.2 Å². The van der Waals surface area contributed by atoms with Crippen LogP contribution in [0.4, 0.5) is 10.8 Å². The maximum Gasteiger partial charge on any atom is 0.242 e. The number of benzene rings is 3. The number of nitrogens with zero attached hydrogens (tertiary/aromatic N) is 5. The number of hydrogen-bond donors (Lipinski definition) is 0. The number of rotatable bonds is 9. The van der Waals surface area contributed by atoms with Crippen molar-refractivity contribution < 1.29 is 9.53 Å². The van der Waals surface area contributed by atoms with E-state index < -0.39 is 0 Å². The van der Waals surface area contributed by atoms with Crippen LogP contribution in [0, 0.1) is 6.92 Å². The zero-order valence-electron chi connectivity index (χ0n) is 21.9. The highest BCUT2D eigenvalue weighted by Crippen LogP contribution is 2.23. The standard InChI is InChI=1S/C30H33N5O2S/c1-23-8-10-24(11-9-23)20-28-31-30(38-32-28)35(21-25-6-4-3-5-7-25)22-29(36)34-18-16-33(17-19-34)26-12-14-27(37-2)15-13-26/h3-15H,16-22H2,1-2H3. The summed E-state index contributed by atoms with van der Waals surface area (Å²) in [6, 6.07) is 26.8. The van der Waals surface area contributed by atoms with Gasteiger partial charge >= 0.3 is 0 Å². The largest absolute Gasteiger partial charge is 0.497 e. The molecule has 4 aromatic rings. The van der Waals surface area contributed by atoms with E-state index >= 15 is 0 Å². The van der Waals surface area contributed by atoms with E-state index in [4.69, 9.17) is 9.72 Å². The van der Waals surface area contributed by atoms with Gasteiger partial charge in [-0.25, -0.2) is 4.98 Å². The van der Waals surface area contributed by atoms with Crippen molar-refractivity contribution in [3.63, 3.8) is 0 Å². The van der Waals surface area contributed by atoms with Crippen LogP contribution >= 0.6 is 11.5 Å². The monoisotopic (exact) mass is 527 g/mol. The van der Waals surface area contributed by atoms with E-state index in [0.29, 0.717) is 26.1 Å². The first-order valence-corrected chi connectivity index (χ1v) is 13.7. The normalized spacial score (nSPS) is 13.4. The molecule has 2 heterocycles. The minimum atomic E-state index is 0.116. The first-order chi connectivity index (χ1) is 18.6. The van der Waals surface area contributed by atoms with Gasteiger partial charge in [-0.15, -0.1) is 0 Å². The molecule has 0 radical (unpaired) electrons. The Labute approximate surface area is 228 Å². The SMILES string of the molecule is COc1ccc(N2CCN(C(=O)CN(Cc3ccccc3)c3nc(Cc4ccc(C)cc4)ns3)CC2)cc1. The maximum atomic E-state index is 13.4. The number of ether oxygens (including phenoxy) is 1. The predicted octanol–water partition coefficient (Wildman–Crippen LogP) is 4.80. The third kappa shape index (κ3) is 6.50. The fraction of sp³-hybridized carbons (Fsp3) is 0.300. The molecule has 1 saturated heterocycles. The number of aryl methyl sites for hydroxylation is 1. The lowest BCUT2D eigenvalue weighted by molar-refractivity contribution is -0.130. The summed E-state index contributed by atoms with van der Waals surface area (Å²) in [4.78, 5) is 24.6. The van der Waals surface area contributed by atoms with Crippen LogP contribution in [-0.4, -0.2) is 60.0 Å². The Bertz CT molecular complexity index is 1320. The molecule has 1 aromatic heterocycles. The van der Waals surface area contributed by atoms with Crippen LogP contribution in [0.1, 0.15) is 22.5 Å². The Morgan fingerprint density at radius 3 is 2.32 bits per heavy atom. The van der Waals surface area contributed by atoms with Gasteiger partial charge in [0.25, 0.3) is 0 Å². The molecule has 0 atom stereocenters. The number of methoxy groups -OCH3 is 1. The van der Waals surface area contributed by atoms with Crippen molar-refractivity contribution in [1.82, 2.24) is 14.3 Å². The Balaban J connectivity index is 1.25. The maximum absolute atomic E-state index is 13.4. The van der Waals surface area contributed by atoms with Gasteiger partial charge in [0.2, 0.25) is 11.0 Å². The number of piperazine rings is 1. The molecular weight excluding hydrogens is 494 g/mol. The van der Waals surface area contributed by atoms with Crippen LogP contribution in [-0.2, 0) is 17.8 Å². The van der Waals surface area contributed by atoms with Gasteiger partial charge < -0.3 is 19.4 Å². The Hall–Kier alpha value is -3.91. The van der Waals surface area contributed by atoms with Crippen LogP contribution in [0.3, 0.4) is 0 Å². The number of anilines is 2. The molecule has 1 amide bonds. The Morgan fingerprint density at radius 2 is 1.63 bits per heavy atom. The fourth-order valence-electron chi connectivity index (χ4n) is 4.60. The summed E-state index contributed by atoms with van der Waals surface area (Å²) in [6.45, 7) is 5.96. The Morgan fingerprint density at radius 1 is 0.921 bits per heavy atom. The first kappa shape index (κ1) is 25.7. The van der Waals surface area contributed by atoms with Crippen LogP contribution in [0.5, 0.6) is 5.75 Å². The molecule has 0 bridgehead atoms. The molecular formula is C30H33N5O2S. The van der Waals surface area contributed by atoms with Crippen molar-refractivity contribution in [1.29, 1.82) is 0 Å². The molecule has 0 spiro atoms. The van der Waals surface area contributed by atoms with E-state index in [1.54, 1.807) is 7.11 Å². The fourth-order valence-corrected chi connectivity index (χ4v) is 5.28. The molecule has 0 unspecified atom stereocenters. The smallest absolute Gasteiger partial charge is 0.242 e. The highest BCUT2D eigenvalue weighted by Gasteiger charge is 2.25. The van der Waals surface area contributed by atoms with Crippen LogP contribution in [0.2, 0.25) is 0 Å². The number of carbonyl (C=O) groups is 1. The van der Waals surface area contributed by atoms with Crippen molar-refractivity contribution in [2.24, 2.45) is 0 Å². The third-order valence-electron chi connectivity index (χ3n) is 6.82. The van der Waals surface area contributed by atoms with E-state index in [0.717, 1.165) is 41.0 Å². The van der Waals surface area contributed by atoms with E-state index in [-0.39, 0.29) is 12.5 Å². The zero-order valence-corrected chi connectivity index (χ0v) is 22.7. The summed E-state index contributed by atoms with van der Waals surface area (Å²) in [5, 5.41) is 0.779. The summed E-state index contributed by atoms with van der Waals surface area (Å²) >= 11 is 1.36. The highest BCUT2D eigenvalue weighted by atomic mass is 32.1. The molecule has 7 nitrogen and oxygen atoms in total. The molecule has 0 saturated carbocycles. The van der Waals surface area contributed by atoms with Gasteiger partial charge in [0.1, 0.15) is 11.6 Å². The summed E-state index contributed by atoms with van der Waals surface area (Å²) < 4.78 is 9.89. The second-order valence-corrected chi connectivity index (χ2v) is 10.3. The van der Waals surface area contributed by atoms with Gasteiger partial charge in [0, 0.05) is 56.4 Å². The van der Waals surface area contributed by atoms with Crippen molar-refractivity contribution in [2.45, 2.75) is 19.9 Å². The molecule has 0 aliphatic carbocycles. The predicted molar refractivity (Wildman–Crippen MR) is 153 cm³/mol. The topological polar surface area (TPSA) is 61.8 Å². The molecule has 5 rings (SSSR count). The van der Waals surface area contributed by atoms with Crippen LogP contribution in [0.25, 0.3) is 0 Å². The first-order valence-electron chi connectivity index (χ1n) is 12.9. The van der Waals surface area contributed by atoms with Crippen molar-refractivity contribution >= 4 is 28.3 Å². The van der Waals surface area contributed by atoms with Crippen LogP contribution < -0.4 is 14.5 Å². The number of amides is 1. The summed E-state index contributed by atoms with van der Waals surface area (Å²) in [7, 11) is 1.67. The second kappa shape index (κ2) is 12.1. The van der Waals surface area contributed by atoms with Gasteiger partial charge in [0.15, 0.2) is 0 Å². The average Bonchev–Trinajstić information content (AvgIpc) is 3.43. The third-order valence-corrected chi connectivity index (χ3v) is 7.64. The van der Waals surface area contributed by atoms with Gasteiger partial charge in [-0.3, -0.25) is 4.79 Å². The molecule has 38 heavy (non-hydrogen) atoms. The Kier molecular flexibility index (Phi) is 8.19. The molecule has 8 heteroatoms. The van der Waals surface area contributed by atoms with E-state index in [1.807, 2.05) is 35.2 Å². The van der Waals surface area contributed by atoms with Crippen LogP contribution in [0.15, 0.2) is 78.9 Å². The lowest BCUT2D eigenvalue weighted by Gasteiger charge is -2.37. The summed E-state index contributed by atoms with van der Waals surface area (Å²) in [5.41, 5.74) is 4.71. The number of carbonyl (C=O) groups excluding carboxylic acids is 1. The minimum Gasteiger partial charge on any atom is -0.497 e. The number of aromatic nitrogens is 2. The molecule has 1 aliphatic rings. The number of hydrogen-bond acceptors (Lipinski definition) is 7. The van der Waals surface area contributed by atoms with E-state index in [1.165, 1.54) is 22.7 Å². The molecule has 0 N–H and O–H groups in total.